The van der Waals surface area contributed by atoms with Crippen LogP contribution in [0.5, 0.6) is 5.75 Å². The van der Waals surface area contributed by atoms with Crippen molar-refractivity contribution in [1.29, 1.82) is 0 Å². The molecule has 0 aliphatic carbocycles. The van der Waals surface area contributed by atoms with Gasteiger partial charge in [0.05, 0.1) is 0 Å². The van der Waals surface area contributed by atoms with Gasteiger partial charge in [0.15, 0.2) is 5.11 Å². The third-order valence-corrected chi connectivity index (χ3v) is 4.63. The smallest absolute Gasteiger partial charge is 0.269 e. The van der Waals surface area contributed by atoms with Crippen LogP contribution in [0.2, 0.25) is 0 Å². The summed E-state index contributed by atoms with van der Waals surface area (Å²) >= 11 is 5.15. The van der Waals surface area contributed by atoms with E-state index in [4.69, 9.17) is 21.7 Å². The van der Waals surface area contributed by atoms with Crippen molar-refractivity contribution >= 4 is 23.2 Å². The highest BCUT2D eigenvalue weighted by Crippen LogP contribution is 2.19. The summed E-state index contributed by atoms with van der Waals surface area (Å²) in [5.74, 6) is 1.02. The minimum Gasteiger partial charge on any atom is -0.489 e. The standard InChI is InChI=1S/C23H31N3O3S/c1-4-28-14-6-13-24-23(30)26-25-22(27)20-8-5-7-18(15-20)16-29-21-11-9-19(10-12-21)17(2)3/h5,7-12,15,17H,4,6,13-14,16H2,1-3H3,(H,25,27)(H2,24,26,30). The Morgan fingerprint density at radius 3 is 2.57 bits per heavy atom. The van der Waals surface area contributed by atoms with E-state index in [2.05, 4.69) is 42.1 Å². The maximum atomic E-state index is 12.4. The second kappa shape index (κ2) is 12.8. The van der Waals surface area contributed by atoms with Crippen molar-refractivity contribution in [2.45, 2.75) is 39.7 Å². The third kappa shape index (κ3) is 8.39. The van der Waals surface area contributed by atoms with E-state index in [9.17, 15) is 4.79 Å². The summed E-state index contributed by atoms with van der Waals surface area (Å²) in [5, 5.41) is 3.38. The average Bonchev–Trinajstić information content (AvgIpc) is 2.76. The van der Waals surface area contributed by atoms with Crippen molar-refractivity contribution in [3.8, 4) is 5.75 Å². The Morgan fingerprint density at radius 2 is 1.87 bits per heavy atom. The first-order valence-corrected chi connectivity index (χ1v) is 10.6. The number of hydrogen-bond donors (Lipinski definition) is 3. The summed E-state index contributed by atoms with van der Waals surface area (Å²) in [5.41, 5.74) is 8.02. The van der Waals surface area contributed by atoms with Crippen LogP contribution in [0.15, 0.2) is 48.5 Å². The molecule has 0 unspecified atom stereocenters. The van der Waals surface area contributed by atoms with Gasteiger partial charge >= 0.3 is 0 Å². The number of amides is 1. The zero-order valence-corrected chi connectivity index (χ0v) is 18.7. The zero-order valence-electron chi connectivity index (χ0n) is 17.9. The fraction of sp³-hybridized carbons (Fsp3) is 0.391. The highest BCUT2D eigenvalue weighted by atomic mass is 32.1. The van der Waals surface area contributed by atoms with Gasteiger partial charge in [0, 0.05) is 25.3 Å². The van der Waals surface area contributed by atoms with Crippen LogP contribution in [-0.4, -0.2) is 30.8 Å². The Hall–Kier alpha value is -2.64. The molecule has 2 rings (SSSR count). The van der Waals surface area contributed by atoms with Gasteiger partial charge in [-0.1, -0.05) is 38.1 Å². The van der Waals surface area contributed by atoms with Crippen molar-refractivity contribution in [3.05, 3.63) is 65.2 Å². The zero-order chi connectivity index (χ0) is 21.8. The van der Waals surface area contributed by atoms with Gasteiger partial charge in [-0.15, -0.1) is 0 Å². The Labute approximate surface area is 184 Å². The van der Waals surface area contributed by atoms with Crippen molar-refractivity contribution < 1.29 is 14.3 Å². The number of hydrogen-bond acceptors (Lipinski definition) is 4. The Morgan fingerprint density at radius 1 is 1.10 bits per heavy atom. The number of rotatable bonds is 10. The number of nitrogens with one attached hydrogen (secondary N) is 3. The minimum atomic E-state index is -0.267. The fourth-order valence-electron chi connectivity index (χ4n) is 2.67. The van der Waals surface area contributed by atoms with Crippen molar-refractivity contribution in [3.63, 3.8) is 0 Å². The molecule has 0 saturated carbocycles. The molecular weight excluding hydrogens is 398 g/mol. The maximum Gasteiger partial charge on any atom is 0.269 e. The molecule has 0 aliphatic rings. The van der Waals surface area contributed by atoms with Crippen molar-refractivity contribution in [2.24, 2.45) is 0 Å². The highest BCUT2D eigenvalue weighted by molar-refractivity contribution is 7.80. The second-order valence-electron chi connectivity index (χ2n) is 7.10. The van der Waals surface area contributed by atoms with Gasteiger partial charge in [-0.2, -0.15) is 0 Å². The first-order chi connectivity index (χ1) is 14.5. The van der Waals surface area contributed by atoms with Gasteiger partial charge in [-0.05, 0) is 66.9 Å². The summed E-state index contributed by atoms with van der Waals surface area (Å²) in [6, 6.07) is 15.4. The van der Waals surface area contributed by atoms with Crippen LogP contribution >= 0.6 is 12.2 Å². The van der Waals surface area contributed by atoms with Gasteiger partial charge in [0.25, 0.3) is 5.91 Å². The van der Waals surface area contributed by atoms with Crippen LogP contribution in [0.3, 0.4) is 0 Å². The summed E-state index contributed by atoms with van der Waals surface area (Å²) in [6.45, 7) is 8.71. The van der Waals surface area contributed by atoms with Gasteiger partial charge in [-0.3, -0.25) is 15.6 Å². The first-order valence-electron chi connectivity index (χ1n) is 10.2. The normalized spacial score (nSPS) is 10.5. The van der Waals surface area contributed by atoms with Crippen LogP contribution in [0.4, 0.5) is 0 Å². The number of benzene rings is 2. The summed E-state index contributed by atoms with van der Waals surface area (Å²) < 4.78 is 11.1. The number of ether oxygens (including phenoxy) is 2. The topological polar surface area (TPSA) is 71.6 Å². The van der Waals surface area contributed by atoms with E-state index in [0.29, 0.717) is 43.0 Å². The van der Waals surface area contributed by atoms with E-state index >= 15 is 0 Å². The van der Waals surface area contributed by atoms with E-state index in [1.54, 1.807) is 12.1 Å². The fourth-order valence-corrected chi connectivity index (χ4v) is 2.82. The Balaban J connectivity index is 1.78. The lowest BCUT2D eigenvalue weighted by Gasteiger charge is -2.12. The molecule has 30 heavy (non-hydrogen) atoms. The molecule has 3 N–H and O–H groups in total. The summed E-state index contributed by atoms with van der Waals surface area (Å²) in [7, 11) is 0. The first kappa shape index (κ1) is 23.6. The van der Waals surface area contributed by atoms with Crippen molar-refractivity contribution in [2.75, 3.05) is 19.8 Å². The van der Waals surface area contributed by atoms with E-state index in [-0.39, 0.29) is 5.91 Å². The molecule has 0 atom stereocenters. The molecule has 0 radical (unpaired) electrons. The molecule has 1 amide bonds. The van der Waals surface area contributed by atoms with Crippen molar-refractivity contribution in [1.82, 2.24) is 16.2 Å². The summed E-state index contributed by atoms with van der Waals surface area (Å²) in [4.78, 5) is 12.4. The lowest BCUT2D eigenvalue weighted by atomic mass is 10.0. The molecule has 2 aromatic carbocycles. The molecule has 6 nitrogen and oxygen atoms in total. The Kier molecular flexibility index (Phi) is 10.1. The molecule has 2 aromatic rings. The van der Waals surface area contributed by atoms with E-state index in [1.165, 1.54) is 5.56 Å². The molecule has 162 valence electrons. The molecule has 0 bridgehead atoms. The molecule has 0 aromatic heterocycles. The molecule has 0 aliphatic heterocycles. The Bertz CT molecular complexity index is 810. The maximum absolute atomic E-state index is 12.4. The molecule has 7 heteroatoms. The predicted octanol–water partition coefficient (Wildman–Crippen LogP) is 3.92. The number of hydrazine groups is 1. The van der Waals surface area contributed by atoms with Gasteiger partial charge < -0.3 is 14.8 Å². The monoisotopic (exact) mass is 429 g/mol. The van der Waals surface area contributed by atoms with Crippen LogP contribution in [0.25, 0.3) is 0 Å². The second-order valence-corrected chi connectivity index (χ2v) is 7.51. The quantitative estimate of drug-likeness (QED) is 0.302. The minimum absolute atomic E-state index is 0.267. The van der Waals surface area contributed by atoms with Crippen LogP contribution in [0, 0.1) is 0 Å². The number of carbonyl (C=O) groups is 1. The highest BCUT2D eigenvalue weighted by Gasteiger charge is 2.07. The molecular formula is C23H31N3O3S. The lowest BCUT2D eigenvalue weighted by Crippen LogP contribution is -2.47. The largest absolute Gasteiger partial charge is 0.489 e. The predicted molar refractivity (Wildman–Crippen MR) is 124 cm³/mol. The van der Waals surface area contributed by atoms with E-state index < -0.39 is 0 Å². The third-order valence-electron chi connectivity index (χ3n) is 4.39. The summed E-state index contributed by atoms with van der Waals surface area (Å²) in [6.07, 6.45) is 0.839. The van der Waals surface area contributed by atoms with Crippen LogP contribution in [-0.2, 0) is 11.3 Å². The lowest BCUT2D eigenvalue weighted by molar-refractivity contribution is 0.0943. The van der Waals surface area contributed by atoms with E-state index in [0.717, 1.165) is 17.7 Å². The molecule has 0 saturated heterocycles. The molecule has 0 heterocycles. The molecule has 0 fully saturated rings. The molecule has 0 spiro atoms. The van der Waals surface area contributed by atoms with E-state index in [1.807, 2.05) is 31.2 Å². The van der Waals surface area contributed by atoms with Gasteiger partial charge in [0.2, 0.25) is 0 Å². The van der Waals surface area contributed by atoms with Gasteiger partial charge in [-0.25, -0.2) is 0 Å². The number of carbonyl (C=O) groups excluding carboxylic acids is 1. The van der Waals surface area contributed by atoms with Crippen LogP contribution in [0.1, 0.15) is 54.6 Å². The van der Waals surface area contributed by atoms with Gasteiger partial charge in [0.1, 0.15) is 12.4 Å². The SMILES string of the molecule is CCOCCCNC(=S)NNC(=O)c1cccc(COc2ccc(C(C)C)cc2)c1. The van der Waals surface area contributed by atoms with Crippen LogP contribution < -0.4 is 20.9 Å². The average molecular weight is 430 g/mol. The number of thiocarbonyl (C=S) groups is 1.